The molecule has 1 rings (SSSR count). The molecule has 0 aliphatic heterocycles. The predicted molar refractivity (Wildman–Crippen MR) is 67.2 cm³/mol. The summed E-state index contributed by atoms with van der Waals surface area (Å²) in [6, 6.07) is 3.90. The number of pyridine rings is 1. The third kappa shape index (κ3) is 4.58. The van der Waals surface area contributed by atoms with E-state index >= 15 is 0 Å². The van der Waals surface area contributed by atoms with Gasteiger partial charge in [-0.25, -0.2) is 0 Å². The minimum atomic E-state index is -0.413. The Hall–Kier alpha value is -1.15. The molecule has 0 radical (unpaired) electrons. The van der Waals surface area contributed by atoms with E-state index in [0.29, 0.717) is 0 Å². The normalized spacial score (nSPS) is 12.4. The number of allylic oxidation sites excluding steroid dienone is 1. The van der Waals surface area contributed by atoms with Gasteiger partial charge in [-0.15, -0.1) is 6.58 Å². The zero-order valence-electron chi connectivity index (χ0n) is 10.0. The van der Waals surface area contributed by atoms with Gasteiger partial charge in [-0.3, -0.25) is 4.98 Å². The van der Waals surface area contributed by atoms with Crippen LogP contribution in [0.15, 0.2) is 31.0 Å². The first-order chi connectivity index (χ1) is 7.74. The number of aliphatic hydroxyl groups is 1. The third-order valence-electron chi connectivity index (χ3n) is 2.66. The second-order valence-electron chi connectivity index (χ2n) is 4.20. The molecule has 0 aromatic carbocycles. The molecule has 1 aromatic rings. The van der Waals surface area contributed by atoms with E-state index in [1.54, 1.807) is 6.20 Å². The number of nitrogens with zero attached hydrogens (tertiary/aromatic N) is 1. The van der Waals surface area contributed by atoms with Crippen LogP contribution in [0.1, 0.15) is 49.5 Å². The average Bonchev–Trinajstić information content (AvgIpc) is 2.28. The maximum absolute atomic E-state index is 9.92. The molecule has 2 nitrogen and oxygen atoms in total. The Balaban J connectivity index is 2.29. The van der Waals surface area contributed by atoms with Gasteiger partial charge in [0.25, 0.3) is 0 Å². The zero-order valence-corrected chi connectivity index (χ0v) is 10.0. The molecule has 88 valence electrons. The molecule has 1 atom stereocenters. The topological polar surface area (TPSA) is 33.1 Å². The molecule has 1 heterocycles. The molecule has 0 bridgehead atoms. The lowest BCUT2D eigenvalue weighted by atomic mass is 10.1. The Morgan fingerprint density at radius 2 is 2.25 bits per heavy atom. The van der Waals surface area contributed by atoms with Crippen molar-refractivity contribution in [3.05, 3.63) is 42.2 Å². The predicted octanol–water partition coefficient (Wildman–Crippen LogP) is 3.56. The Morgan fingerprint density at radius 1 is 1.44 bits per heavy atom. The quantitative estimate of drug-likeness (QED) is 0.562. The van der Waals surface area contributed by atoms with E-state index < -0.39 is 6.10 Å². The number of hydrogen-bond donors (Lipinski definition) is 1. The Morgan fingerprint density at radius 3 is 2.94 bits per heavy atom. The van der Waals surface area contributed by atoms with Crippen molar-refractivity contribution in [2.45, 2.75) is 45.1 Å². The van der Waals surface area contributed by atoms with E-state index in [-0.39, 0.29) is 0 Å². The van der Waals surface area contributed by atoms with Crippen molar-refractivity contribution < 1.29 is 5.11 Å². The summed E-state index contributed by atoms with van der Waals surface area (Å²) in [5, 5.41) is 9.92. The molecule has 0 aliphatic rings. The zero-order chi connectivity index (χ0) is 11.8. The first kappa shape index (κ1) is 12.9. The van der Waals surface area contributed by atoms with Gasteiger partial charge in [-0.05, 0) is 43.9 Å². The van der Waals surface area contributed by atoms with Crippen molar-refractivity contribution in [2.24, 2.45) is 0 Å². The van der Waals surface area contributed by atoms with Gasteiger partial charge in [0.15, 0.2) is 0 Å². The van der Waals surface area contributed by atoms with E-state index in [9.17, 15) is 5.11 Å². The average molecular weight is 219 g/mol. The van der Waals surface area contributed by atoms with Crippen molar-refractivity contribution >= 4 is 0 Å². The molecule has 0 amide bonds. The van der Waals surface area contributed by atoms with E-state index in [1.807, 2.05) is 25.1 Å². The summed E-state index contributed by atoms with van der Waals surface area (Å²) in [4.78, 5) is 4.19. The van der Waals surface area contributed by atoms with Crippen LogP contribution in [0.4, 0.5) is 0 Å². The molecule has 0 saturated carbocycles. The number of unbranched alkanes of at least 4 members (excludes halogenated alkanes) is 3. The van der Waals surface area contributed by atoms with E-state index in [0.717, 1.165) is 43.4 Å². The monoisotopic (exact) mass is 219 g/mol. The van der Waals surface area contributed by atoms with Gasteiger partial charge >= 0.3 is 0 Å². The van der Waals surface area contributed by atoms with Gasteiger partial charge in [0.2, 0.25) is 0 Å². The first-order valence-corrected chi connectivity index (χ1v) is 5.95. The minimum Gasteiger partial charge on any atom is -0.387 e. The lowest BCUT2D eigenvalue weighted by Crippen LogP contribution is -2.00. The van der Waals surface area contributed by atoms with Crippen LogP contribution < -0.4 is 0 Å². The third-order valence-corrected chi connectivity index (χ3v) is 2.66. The highest BCUT2D eigenvalue weighted by molar-refractivity contribution is 5.15. The Kier molecular flexibility index (Phi) is 5.79. The summed E-state index contributed by atoms with van der Waals surface area (Å²) >= 11 is 0. The van der Waals surface area contributed by atoms with Crippen molar-refractivity contribution in [1.82, 2.24) is 4.98 Å². The second kappa shape index (κ2) is 7.18. The highest BCUT2D eigenvalue weighted by atomic mass is 16.3. The molecule has 1 aromatic heterocycles. The van der Waals surface area contributed by atoms with Crippen LogP contribution in [0, 0.1) is 6.92 Å². The number of aromatic nitrogens is 1. The molecular formula is C14H21NO. The summed E-state index contributed by atoms with van der Waals surface area (Å²) < 4.78 is 0. The van der Waals surface area contributed by atoms with Gasteiger partial charge in [0.05, 0.1) is 11.8 Å². The van der Waals surface area contributed by atoms with Crippen LogP contribution in [-0.4, -0.2) is 10.1 Å². The summed E-state index contributed by atoms with van der Waals surface area (Å²) in [6.07, 6.45) is 8.51. The van der Waals surface area contributed by atoms with Crippen LogP contribution in [-0.2, 0) is 0 Å². The summed E-state index contributed by atoms with van der Waals surface area (Å²) in [5.41, 5.74) is 1.94. The SMILES string of the molecule is C=CCCCCCC(O)c1cc(C)ccn1. The lowest BCUT2D eigenvalue weighted by Gasteiger charge is -2.10. The van der Waals surface area contributed by atoms with E-state index in [4.69, 9.17) is 0 Å². The standard InChI is InChI=1S/C14H21NO/c1-3-4-5-6-7-8-14(16)13-11-12(2)9-10-15-13/h3,9-11,14,16H,1,4-8H2,2H3. The van der Waals surface area contributed by atoms with Crippen LogP contribution in [0.5, 0.6) is 0 Å². The molecule has 16 heavy (non-hydrogen) atoms. The first-order valence-electron chi connectivity index (χ1n) is 5.95. The van der Waals surface area contributed by atoms with Crippen molar-refractivity contribution in [1.29, 1.82) is 0 Å². The Bertz CT molecular complexity index is 322. The van der Waals surface area contributed by atoms with Crippen molar-refractivity contribution in [2.75, 3.05) is 0 Å². The minimum absolute atomic E-state index is 0.413. The molecule has 0 saturated heterocycles. The van der Waals surface area contributed by atoms with Crippen LogP contribution in [0.3, 0.4) is 0 Å². The second-order valence-corrected chi connectivity index (χ2v) is 4.20. The molecule has 2 heteroatoms. The maximum atomic E-state index is 9.92. The summed E-state index contributed by atoms with van der Waals surface area (Å²) in [7, 11) is 0. The lowest BCUT2D eigenvalue weighted by molar-refractivity contribution is 0.158. The number of aliphatic hydroxyl groups excluding tert-OH is 1. The smallest absolute Gasteiger partial charge is 0.0959 e. The van der Waals surface area contributed by atoms with Crippen LogP contribution >= 0.6 is 0 Å². The molecule has 0 spiro atoms. The van der Waals surface area contributed by atoms with Crippen molar-refractivity contribution in [3.63, 3.8) is 0 Å². The summed E-state index contributed by atoms with van der Waals surface area (Å²) in [6.45, 7) is 5.71. The maximum Gasteiger partial charge on any atom is 0.0959 e. The van der Waals surface area contributed by atoms with E-state index in [1.165, 1.54) is 0 Å². The fraction of sp³-hybridized carbons (Fsp3) is 0.500. The van der Waals surface area contributed by atoms with E-state index in [2.05, 4.69) is 11.6 Å². The number of aryl methyl sites for hydroxylation is 1. The molecule has 1 N–H and O–H groups in total. The van der Waals surface area contributed by atoms with Crippen LogP contribution in [0.25, 0.3) is 0 Å². The highest BCUT2D eigenvalue weighted by Gasteiger charge is 2.08. The molecule has 0 aliphatic carbocycles. The van der Waals surface area contributed by atoms with Crippen molar-refractivity contribution in [3.8, 4) is 0 Å². The van der Waals surface area contributed by atoms with Gasteiger partial charge in [-0.1, -0.05) is 18.9 Å². The number of hydrogen-bond acceptors (Lipinski definition) is 2. The molecule has 1 unspecified atom stereocenters. The number of rotatable bonds is 7. The van der Waals surface area contributed by atoms with Gasteiger partial charge in [0, 0.05) is 6.20 Å². The Labute approximate surface area is 98.0 Å². The largest absolute Gasteiger partial charge is 0.387 e. The fourth-order valence-corrected chi connectivity index (χ4v) is 1.69. The van der Waals surface area contributed by atoms with Gasteiger partial charge in [-0.2, -0.15) is 0 Å². The highest BCUT2D eigenvalue weighted by Crippen LogP contribution is 2.18. The molecular weight excluding hydrogens is 198 g/mol. The van der Waals surface area contributed by atoms with Gasteiger partial charge < -0.3 is 5.11 Å². The molecule has 0 fully saturated rings. The fourth-order valence-electron chi connectivity index (χ4n) is 1.69. The summed E-state index contributed by atoms with van der Waals surface area (Å²) in [5.74, 6) is 0. The van der Waals surface area contributed by atoms with Gasteiger partial charge in [0.1, 0.15) is 0 Å². The van der Waals surface area contributed by atoms with Crippen LogP contribution in [0.2, 0.25) is 0 Å².